The Morgan fingerprint density at radius 1 is 1.50 bits per heavy atom. The van der Waals surface area contributed by atoms with Gasteiger partial charge >= 0.3 is 0 Å². The fourth-order valence-electron chi connectivity index (χ4n) is 1.23. The zero-order chi connectivity index (χ0) is 8.39. The summed E-state index contributed by atoms with van der Waals surface area (Å²) < 4.78 is 5.10. The van der Waals surface area contributed by atoms with Crippen molar-refractivity contribution in [2.45, 2.75) is 6.42 Å². The molecule has 1 aliphatic carbocycles. The summed E-state index contributed by atoms with van der Waals surface area (Å²) in [5, 5.41) is 8.52. The number of nitrogens with zero attached hydrogens (tertiary/aromatic N) is 1. The molecule has 1 radical (unpaired) electrons. The monoisotopic (exact) mass is 156 g/mol. The van der Waals surface area contributed by atoms with Crippen molar-refractivity contribution >= 4 is 0 Å². The van der Waals surface area contributed by atoms with Crippen LogP contribution in [0.25, 0.3) is 11.3 Å². The van der Waals surface area contributed by atoms with Gasteiger partial charge in [-0.2, -0.15) is 5.26 Å². The molecule has 0 spiro atoms. The third-order valence-corrected chi connectivity index (χ3v) is 1.79. The molecule has 57 valence electrons. The van der Waals surface area contributed by atoms with Gasteiger partial charge in [0.15, 0.2) is 6.26 Å². The predicted molar refractivity (Wildman–Crippen MR) is 43.5 cm³/mol. The molecule has 0 aromatic heterocycles. The first kappa shape index (κ1) is 6.93. The highest BCUT2D eigenvalue weighted by Crippen LogP contribution is 2.26. The highest BCUT2D eigenvalue weighted by Gasteiger charge is 2.08. The minimum atomic E-state index is 0.410. The molecule has 2 rings (SSSR count). The van der Waals surface area contributed by atoms with E-state index in [9.17, 15) is 0 Å². The molecule has 0 aromatic carbocycles. The SMILES string of the molecule is N#CCc1c[c]oc2cccc1-2. The molecule has 0 unspecified atom stereocenters. The zero-order valence-electron chi connectivity index (χ0n) is 6.37. The highest BCUT2D eigenvalue weighted by atomic mass is 16.3. The molecular formula is C10H6NO. The van der Waals surface area contributed by atoms with Crippen molar-refractivity contribution in [3.8, 4) is 17.4 Å². The van der Waals surface area contributed by atoms with Crippen LogP contribution >= 0.6 is 0 Å². The third-order valence-electron chi connectivity index (χ3n) is 1.79. The molecule has 0 aromatic rings. The molecule has 0 saturated heterocycles. The highest BCUT2D eigenvalue weighted by molar-refractivity contribution is 5.64. The van der Waals surface area contributed by atoms with E-state index in [1.807, 2.05) is 18.2 Å². The van der Waals surface area contributed by atoms with Crippen molar-refractivity contribution in [2.75, 3.05) is 0 Å². The minimum Gasteiger partial charge on any atom is -0.453 e. The van der Waals surface area contributed by atoms with Gasteiger partial charge < -0.3 is 4.42 Å². The van der Waals surface area contributed by atoms with Crippen LogP contribution in [0.4, 0.5) is 0 Å². The first-order valence-electron chi connectivity index (χ1n) is 3.66. The van der Waals surface area contributed by atoms with Gasteiger partial charge in [-0.1, -0.05) is 12.1 Å². The molecule has 0 fully saturated rings. The molecule has 2 heteroatoms. The van der Waals surface area contributed by atoms with Gasteiger partial charge in [-0.05, 0) is 17.7 Å². The van der Waals surface area contributed by atoms with E-state index in [1.54, 1.807) is 6.07 Å². The summed E-state index contributed by atoms with van der Waals surface area (Å²) in [4.78, 5) is 0. The molecule has 2 aliphatic rings. The van der Waals surface area contributed by atoms with Crippen molar-refractivity contribution in [3.63, 3.8) is 0 Å². The molecule has 1 aliphatic heterocycles. The third kappa shape index (κ3) is 0.960. The van der Waals surface area contributed by atoms with Gasteiger partial charge in [-0.3, -0.25) is 0 Å². The first-order valence-corrected chi connectivity index (χ1v) is 3.66. The van der Waals surface area contributed by atoms with Gasteiger partial charge in [0.25, 0.3) is 0 Å². The molecule has 0 atom stereocenters. The first-order chi connectivity index (χ1) is 5.92. The summed E-state index contributed by atoms with van der Waals surface area (Å²) >= 11 is 0. The van der Waals surface area contributed by atoms with E-state index in [2.05, 4.69) is 12.3 Å². The lowest BCUT2D eigenvalue weighted by Gasteiger charge is -2.00. The molecule has 12 heavy (non-hydrogen) atoms. The topological polar surface area (TPSA) is 36.9 Å². The Morgan fingerprint density at radius 2 is 2.42 bits per heavy atom. The Hall–Kier alpha value is -1.75. The molecule has 1 heterocycles. The molecular weight excluding hydrogens is 150 g/mol. The summed E-state index contributed by atoms with van der Waals surface area (Å²) in [6.07, 6.45) is 3.06. The normalized spacial score (nSPS) is 9.92. The van der Waals surface area contributed by atoms with Gasteiger partial charge in [0, 0.05) is 5.56 Å². The van der Waals surface area contributed by atoms with Crippen LogP contribution < -0.4 is 0 Å². The van der Waals surface area contributed by atoms with Crippen LogP contribution in [0.15, 0.2) is 28.7 Å². The van der Waals surface area contributed by atoms with E-state index in [1.165, 1.54) is 0 Å². The van der Waals surface area contributed by atoms with Crippen molar-refractivity contribution in [1.82, 2.24) is 0 Å². The lowest BCUT2D eigenvalue weighted by Crippen LogP contribution is -1.85. The maximum absolute atomic E-state index is 8.52. The van der Waals surface area contributed by atoms with Crippen molar-refractivity contribution in [3.05, 3.63) is 36.1 Å². The second-order valence-electron chi connectivity index (χ2n) is 2.53. The zero-order valence-corrected chi connectivity index (χ0v) is 6.37. The van der Waals surface area contributed by atoms with E-state index in [0.29, 0.717) is 6.42 Å². The summed E-state index contributed by atoms with van der Waals surface area (Å²) in [5.41, 5.74) is 1.99. The number of fused-ring (bicyclic) bond motifs is 1. The summed E-state index contributed by atoms with van der Waals surface area (Å²) in [7, 11) is 0. The van der Waals surface area contributed by atoms with Crippen molar-refractivity contribution < 1.29 is 4.42 Å². The second-order valence-corrected chi connectivity index (χ2v) is 2.53. The Labute approximate surface area is 70.4 Å². The van der Waals surface area contributed by atoms with Crippen LogP contribution in [0.2, 0.25) is 0 Å². The number of hydrogen-bond donors (Lipinski definition) is 0. The van der Waals surface area contributed by atoms with Gasteiger partial charge in [0.05, 0.1) is 12.5 Å². The van der Waals surface area contributed by atoms with Gasteiger partial charge in [0.1, 0.15) is 5.76 Å². The van der Waals surface area contributed by atoms with Crippen LogP contribution in [0.1, 0.15) is 5.56 Å². The summed E-state index contributed by atoms with van der Waals surface area (Å²) in [5.74, 6) is 0.794. The maximum Gasteiger partial charge on any atom is 0.170 e. The van der Waals surface area contributed by atoms with Crippen LogP contribution in [0.5, 0.6) is 0 Å². The van der Waals surface area contributed by atoms with Crippen molar-refractivity contribution in [1.29, 1.82) is 5.26 Å². The Balaban J connectivity index is 2.57. The molecule has 0 saturated carbocycles. The lowest BCUT2D eigenvalue weighted by atomic mass is 10.1. The maximum atomic E-state index is 8.52. The average Bonchev–Trinajstić information content (AvgIpc) is 2.53. The van der Waals surface area contributed by atoms with E-state index in [-0.39, 0.29) is 0 Å². The quantitative estimate of drug-likeness (QED) is 0.634. The largest absolute Gasteiger partial charge is 0.453 e. The Morgan fingerprint density at radius 3 is 3.25 bits per heavy atom. The van der Waals surface area contributed by atoms with E-state index < -0.39 is 0 Å². The van der Waals surface area contributed by atoms with Crippen LogP contribution in [-0.4, -0.2) is 0 Å². The molecule has 0 amide bonds. The standard InChI is InChI=1S/C10H6NO/c11-6-4-8-5-7-12-10-3-1-2-9(8)10/h1-3,5H,4H2. The summed E-state index contributed by atoms with van der Waals surface area (Å²) in [6, 6.07) is 9.54. The predicted octanol–water partition coefficient (Wildman–Crippen LogP) is 2.25. The van der Waals surface area contributed by atoms with Crippen LogP contribution in [-0.2, 0) is 6.42 Å². The van der Waals surface area contributed by atoms with Gasteiger partial charge in [-0.15, -0.1) is 0 Å². The van der Waals surface area contributed by atoms with Crippen LogP contribution in [0, 0.1) is 17.6 Å². The smallest absolute Gasteiger partial charge is 0.170 e. The number of rotatable bonds is 1. The number of hydrogen-bond acceptors (Lipinski definition) is 2. The fourth-order valence-corrected chi connectivity index (χ4v) is 1.23. The molecule has 0 N–H and O–H groups in total. The van der Waals surface area contributed by atoms with E-state index >= 15 is 0 Å². The number of nitriles is 1. The fraction of sp³-hybridized carbons (Fsp3) is 0.100. The van der Waals surface area contributed by atoms with Gasteiger partial charge in [0.2, 0.25) is 0 Å². The van der Waals surface area contributed by atoms with Crippen LogP contribution in [0.3, 0.4) is 0 Å². The minimum absolute atomic E-state index is 0.410. The molecule has 0 bridgehead atoms. The Bertz CT molecular complexity index is 397. The lowest BCUT2D eigenvalue weighted by molar-refractivity contribution is 0.555. The second kappa shape index (κ2) is 2.71. The Kier molecular flexibility index (Phi) is 1.56. The van der Waals surface area contributed by atoms with E-state index in [0.717, 1.165) is 16.9 Å². The van der Waals surface area contributed by atoms with E-state index in [4.69, 9.17) is 9.68 Å². The van der Waals surface area contributed by atoms with Crippen molar-refractivity contribution in [2.24, 2.45) is 0 Å². The summed E-state index contributed by atoms with van der Waals surface area (Å²) in [6.45, 7) is 0. The average molecular weight is 156 g/mol. The van der Waals surface area contributed by atoms with Gasteiger partial charge in [-0.25, -0.2) is 0 Å². The molecule has 2 nitrogen and oxygen atoms in total.